The summed E-state index contributed by atoms with van der Waals surface area (Å²) in [6.07, 6.45) is 7.34. The number of imidazole rings is 1. The predicted molar refractivity (Wildman–Crippen MR) is 239 cm³/mol. The third-order valence-electron chi connectivity index (χ3n) is 10.9. The van der Waals surface area contributed by atoms with Crippen molar-refractivity contribution in [1.29, 1.82) is 0 Å². The van der Waals surface area contributed by atoms with E-state index in [1.807, 2.05) is 67.7 Å². The molecule has 0 atom stereocenters. The summed E-state index contributed by atoms with van der Waals surface area (Å²) in [6.45, 7) is 6.29. The first-order valence-electron chi connectivity index (χ1n) is 24.6. The average molecular weight is 968 g/mol. The molecule has 10 aromatic rings. The van der Waals surface area contributed by atoms with Gasteiger partial charge in [-0.05, 0) is 88.3 Å². The second kappa shape index (κ2) is 16.6. The van der Waals surface area contributed by atoms with Gasteiger partial charge in [0.25, 0.3) is 6.33 Å². The van der Waals surface area contributed by atoms with Crippen molar-refractivity contribution in [3.05, 3.63) is 199 Å². The van der Waals surface area contributed by atoms with Crippen molar-refractivity contribution in [1.82, 2.24) is 14.1 Å². The fourth-order valence-corrected chi connectivity index (χ4v) is 8.11. The summed E-state index contributed by atoms with van der Waals surface area (Å²) >= 11 is 0. The van der Waals surface area contributed by atoms with Gasteiger partial charge in [0.05, 0.1) is 30.4 Å². The molecule has 0 saturated carbocycles. The van der Waals surface area contributed by atoms with Crippen LogP contribution >= 0.6 is 0 Å². The fourth-order valence-electron chi connectivity index (χ4n) is 8.11. The molecule has 60 heavy (non-hydrogen) atoms. The molecule has 0 aliphatic heterocycles. The molecule has 7 aromatic carbocycles. The van der Waals surface area contributed by atoms with Crippen LogP contribution in [0.25, 0.3) is 72.3 Å². The second-order valence-corrected chi connectivity index (χ2v) is 14.3. The molecule has 0 bridgehead atoms. The van der Waals surface area contributed by atoms with Crippen molar-refractivity contribution in [2.75, 3.05) is 0 Å². The van der Waals surface area contributed by atoms with Crippen LogP contribution in [-0.2, 0) is 21.1 Å². The van der Waals surface area contributed by atoms with E-state index >= 15 is 0 Å². The van der Waals surface area contributed by atoms with Gasteiger partial charge in [-0.3, -0.25) is 4.57 Å². The Morgan fingerprint density at radius 1 is 0.700 bits per heavy atom. The number of fused-ring (bicyclic) bond motifs is 4. The van der Waals surface area contributed by atoms with Gasteiger partial charge in [0.2, 0.25) is 0 Å². The Labute approximate surface area is 379 Å². The second-order valence-electron chi connectivity index (χ2n) is 14.3. The molecule has 0 spiro atoms. The van der Waals surface area contributed by atoms with E-state index in [9.17, 15) is 0 Å². The van der Waals surface area contributed by atoms with Crippen molar-refractivity contribution < 1.29 is 44.1 Å². The Bertz CT molecular complexity index is 3590. The van der Waals surface area contributed by atoms with Crippen LogP contribution in [0, 0.1) is 25.4 Å². The molecule has 0 aliphatic carbocycles. The van der Waals surface area contributed by atoms with Gasteiger partial charge in [-0.1, -0.05) is 134 Å². The van der Waals surface area contributed by atoms with E-state index in [2.05, 4.69) is 61.1 Å². The topological polar surface area (TPSA) is 35.9 Å². The van der Waals surface area contributed by atoms with Gasteiger partial charge in [-0.2, -0.15) is 18.2 Å². The molecule has 0 saturated heterocycles. The first-order valence-corrected chi connectivity index (χ1v) is 19.6. The maximum absolute atomic E-state index is 9.03. The number of nitrogens with zero attached hydrogens (tertiary/aromatic N) is 4. The molecule has 0 fully saturated rings. The van der Waals surface area contributed by atoms with Crippen LogP contribution in [0.1, 0.15) is 57.4 Å². The van der Waals surface area contributed by atoms with Crippen molar-refractivity contribution in [2.45, 2.75) is 39.5 Å². The Balaban J connectivity index is 0.00000608. The Kier molecular flexibility index (Phi) is 7.97. The zero-order valence-corrected chi connectivity index (χ0v) is 35.2. The largest absolute Gasteiger partial charge is 0.510 e. The number of pyridine rings is 1. The first kappa shape index (κ1) is 28.8. The minimum absolute atomic E-state index is 0. The smallest absolute Gasteiger partial charge is 0.268 e. The molecular formula is C54H42N4OPt-2. The first-order chi connectivity index (χ1) is 33.2. The van der Waals surface area contributed by atoms with Crippen molar-refractivity contribution >= 4 is 32.8 Å². The molecule has 0 N–H and O–H groups in total. The third-order valence-corrected chi connectivity index (χ3v) is 10.9. The van der Waals surface area contributed by atoms with Crippen molar-refractivity contribution in [2.24, 2.45) is 0 Å². The van der Waals surface area contributed by atoms with Crippen LogP contribution in [0.15, 0.2) is 170 Å². The number of benzene rings is 7. The molecular weight excluding hydrogens is 916 g/mol. The van der Waals surface area contributed by atoms with E-state index < -0.39 is 60.4 Å². The summed E-state index contributed by atoms with van der Waals surface area (Å²) in [5, 5.41) is 2.05. The van der Waals surface area contributed by atoms with Crippen LogP contribution < -0.4 is 9.30 Å². The number of ether oxygens (including phenoxy) is 1. The van der Waals surface area contributed by atoms with Crippen LogP contribution in [-0.4, -0.2) is 14.1 Å². The number of rotatable bonds is 10. The molecule has 5 nitrogen and oxygen atoms in total. The Morgan fingerprint density at radius 3 is 2.10 bits per heavy atom. The maximum atomic E-state index is 9.03. The van der Waals surface area contributed by atoms with E-state index in [-0.39, 0.29) is 49.0 Å². The number of aryl methyl sites for hydroxylation is 1. The number of para-hydroxylation sites is 3. The standard InChI is InChI=1S/C54H42N4O.Pt/c1-4-38(5-2)41-31-32-55-52(33-41)58-49-27-13-12-24-47(49)48-30-29-44(35-51(48)58)59-43-23-15-22-42(34-43)56-36-57(53-37(3)17-14-28-50(53)56)54-45(39-18-8-6-9-19-39)25-16-26-46(54)40-20-10-7-11-21-40;/h6-33,38H,4-5H2,1-3H3;/q-2;/i6D,7D,8D,9D,10D,11D,18D,19D,20D,21D;. The molecule has 296 valence electrons. The van der Waals surface area contributed by atoms with Gasteiger partial charge < -0.3 is 13.9 Å². The SMILES string of the molecule is [2H]c1c([2H])c([2H])c(-c2cccc(-c3c([2H])c([2H])c([2H])c([2H])c3[2H])c2-[n+]2[c-]n(-c3[c-]c(Oc4[c-]c5c(cc4)c4ccccc4n5-c4cc(C(CC)CC)ccn4)ccc3)c3cccc(C)c32)c([2H])c1[2H].[Pt]. The molecule has 10 rings (SSSR count). The minimum Gasteiger partial charge on any atom is -0.510 e. The van der Waals surface area contributed by atoms with Crippen LogP contribution in [0.4, 0.5) is 0 Å². The zero-order chi connectivity index (χ0) is 48.6. The minimum atomic E-state index is -0.569. The van der Waals surface area contributed by atoms with E-state index in [0.717, 1.165) is 46.0 Å². The molecule has 6 heteroatoms. The summed E-state index contributed by atoms with van der Waals surface area (Å²) in [5.41, 5.74) is 5.71. The van der Waals surface area contributed by atoms with Crippen LogP contribution in [0.2, 0.25) is 0 Å². The fraction of sp³-hybridized carbons (Fsp3) is 0.111. The molecule has 0 amide bonds. The predicted octanol–water partition coefficient (Wildman–Crippen LogP) is 13.1. The van der Waals surface area contributed by atoms with Gasteiger partial charge in [0.15, 0.2) is 0 Å². The Morgan fingerprint density at radius 2 is 1.37 bits per heavy atom. The normalized spacial score (nSPS) is 13.7. The van der Waals surface area contributed by atoms with Crippen molar-refractivity contribution in [3.63, 3.8) is 0 Å². The Hall–Kier alpha value is -6.55. The van der Waals surface area contributed by atoms with Gasteiger partial charge in [0, 0.05) is 44.3 Å². The van der Waals surface area contributed by atoms with E-state index in [0.29, 0.717) is 34.1 Å². The number of hydrogen-bond donors (Lipinski definition) is 0. The number of hydrogen-bond acceptors (Lipinski definition) is 2. The number of aromatic nitrogens is 4. The third kappa shape index (κ3) is 6.93. The molecule has 3 heterocycles. The zero-order valence-electron chi connectivity index (χ0n) is 42.9. The van der Waals surface area contributed by atoms with Gasteiger partial charge in [0.1, 0.15) is 5.82 Å². The quantitative estimate of drug-likeness (QED) is 0.101. The van der Waals surface area contributed by atoms with Crippen LogP contribution in [0.3, 0.4) is 0 Å². The molecule has 0 radical (unpaired) electrons. The van der Waals surface area contributed by atoms with E-state index in [4.69, 9.17) is 23.4 Å². The summed E-state index contributed by atoms with van der Waals surface area (Å²) in [5.74, 6) is 2.00. The average Bonchev–Trinajstić information content (AvgIpc) is 3.91. The van der Waals surface area contributed by atoms with Gasteiger partial charge in [-0.15, -0.1) is 29.7 Å². The maximum Gasteiger partial charge on any atom is 0.268 e. The monoisotopic (exact) mass is 967 g/mol. The van der Waals surface area contributed by atoms with Gasteiger partial charge >= 0.3 is 0 Å². The van der Waals surface area contributed by atoms with E-state index in [1.54, 1.807) is 33.4 Å². The summed E-state index contributed by atoms with van der Waals surface area (Å²) in [7, 11) is 0. The summed E-state index contributed by atoms with van der Waals surface area (Å²) in [6, 6.07) is 33.9. The molecule has 3 aromatic heterocycles. The molecule has 0 unspecified atom stereocenters. The van der Waals surface area contributed by atoms with Gasteiger partial charge in [-0.25, -0.2) is 4.98 Å². The summed E-state index contributed by atoms with van der Waals surface area (Å²) < 4.78 is 99.2. The van der Waals surface area contributed by atoms with Crippen LogP contribution in [0.5, 0.6) is 11.5 Å². The molecule has 0 aliphatic rings. The van der Waals surface area contributed by atoms with Crippen molar-refractivity contribution in [3.8, 4) is 50.9 Å². The van der Waals surface area contributed by atoms with E-state index in [1.165, 1.54) is 5.56 Å². The summed E-state index contributed by atoms with van der Waals surface area (Å²) in [4.78, 5) is 4.83.